The number of halogens is 1. The van der Waals surface area contributed by atoms with Gasteiger partial charge in [-0.2, -0.15) is 10.2 Å². The van der Waals surface area contributed by atoms with Gasteiger partial charge in [0.05, 0.1) is 17.8 Å². The van der Waals surface area contributed by atoms with Crippen LogP contribution < -0.4 is 5.32 Å². The van der Waals surface area contributed by atoms with Crippen molar-refractivity contribution in [3.63, 3.8) is 0 Å². The maximum atomic E-state index is 12.5. The van der Waals surface area contributed by atoms with E-state index in [2.05, 4.69) is 15.5 Å². The molecule has 24 heavy (non-hydrogen) atoms. The number of hydrogen-bond acceptors (Lipinski definition) is 3. The van der Waals surface area contributed by atoms with E-state index in [-0.39, 0.29) is 5.91 Å². The Balaban J connectivity index is 1.71. The number of anilines is 1. The molecule has 0 spiro atoms. The van der Waals surface area contributed by atoms with Gasteiger partial charge in [0.1, 0.15) is 6.04 Å². The Morgan fingerprint density at radius 2 is 2.21 bits per heavy atom. The minimum Gasteiger partial charge on any atom is -0.324 e. The first-order valence-corrected chi connectivity index (χ1v) is 8.10. The third-order valence-corrected chi connectivity index (χ3v) is 3.87. The van der Waals surface area contributed by atoms with Crippen molar-refractivity contribution in [2.45, 2.75) is 25.9 Å². The van der Waals surface area contributed by atoms with Gasteiger partial charge >= 0.3 is 0 Å². The van der Waals surface area contributed by atoms with E-state index in [0.717, 1.165) is 11.3 Å². The molecule has 0 aliphatic heterocycles. The van der Waals surface area contributed by atoms with Crippen molar-refractivity contribution in [3.8, 4) is 0 Å². The normalized spacial score (nSPS) is 12.1. The molecule has 0 saturated heterocycles. The zero-order valence-electron chi connectivity index (χ0n) is 13.3. The first-order chi connectivity index (χ1) is 11.7. The van der Waals surface area contributed by atoms with Gasteiger partial charge in [-0.05, 0) is 30.2 Å². The van der Waals surface area contributed by atoms with Crippen molar-refractivity contribution < 1.29 is 4.79 Å². The fraction of sp³-hybridized carbons (Fsp3) is 0.235. The van der Waals surface area contributed by atoms with Crippen LogP contribution in [0.4, 0.5) is 5.69 Å². The summed E-state index contributed by atoms with van der Waals surface area (Å²) in [5.41, 5.74) is 1.81. The molecule has 1 N–H and O–H groups in total. The molecule has 0 saturated carbocycles. The maximum Gasteiger partial charge on any atom is 0.249 e. The molecule has 0 radical (unpaired) electrons. The molecule has 0 bridgehead atoms. The summed E-state index contributed by atoms with van der Waals surface area (Å²) in [7, 11) is 0. The Bertz CT molecular complexity index is 812. The minimum atomic E-state index is -0.396. The zero-order chi connectivity index (χ0) is 16.9. The average Bonchev–Trinajstić information content (AvgIpc) is 3.20. The summed E-state index contributed by atoms with van der Waals surface area (Å²) in [4.78, 5) is 12.5. The number of nitrogens with one attached hydrogen (secondary N) is 1. The molecule has 0 aliphatic rings. The largest absolute Gasteiger partial charge is 0.324 e. The molecule has 7 heteroatoms. The molecular formula is C17H18ClN5O. The van der Waals surface area contributed by atoms with E-state index in [4.69, 9.17) is 11.6 Å². The smallest absolute Gasteiger partial charge is 0.249 e. The van der Waals surface area contributed by atoms with Gasteiger partial charge in [-0.15, -0.1) is 0 Å². The quantitative estimate of drug-likeness (QED) is 0.746. The summed E-state index contributed by atoms with van der Waals surface area (Å²) in [5.74, 6) is -0.117. The Labute approximate surface area is 145 Å². The number of carbonyl (C=O) groups is 1. The molecule has 1 amide bonds. The number of benzene rings is 1. The molecule has 1 aromatic carbocycles. The van der Waals surface area contributed by atoms with Crippen molar-refractivity contribution in [2.24, 2.45) is 0 Å². The van der Waals surface area contributed by atoms with Crippen molar-refractivity contribution in [1.82, 2.24) is 19.6 Å². The number of rotatable bonds is 6. The number of hydrogen-bond donors (Lipinski definition) is 1. The SMILES string of the molecule is CCC(C(=O)Nc1cccc(Cn2cccn2)c1)n1cc(Cl)cn1. The van der Waals surface area contributed by atoms with Gasteiger partial charge < -0.3 is 5.32 Å². The second-order valence-electron chi connectivity index (χ2n) is 5.46. The van der Waals surface area contributed by atoms with Crippen LogP contribution in [0.2, 0.25) is 5.02 Å². The van der Waals surface area contributed by atoms with E-state index < -0.39 is 6.04 Å². The lowest BCUT2D eigenvalue weighted by molar-refractivity contribution is -0.119. The average molecular weight is 344 g/mol. The van der Waals surface area contributed by atoms with Crippen LogP contribution in [-0.2, 0) is 11.3 Å². The standard InChI is InChI=1S/C17H18ClN5O/c1-2-16(23-12-14(18)10-20-23)17(24)21-15-6-3-5-13(9-15)11-22-8-4-7-19-22/h3-10,12,16H,2,11H2,1H3,(H,21,24). The first-order valence-electron chi connectivity index (χ1n) is 7.72. The van der Waals surface area contributed by atoms with Crippen molar-refractivity contribution in [3.05, 3.63) is 65.7 Å². The highest BCUT2D eigenvalue weighted by Gasteiger charge is 2.19. The fourth-order valence-corrected chi connectivity index (χ4v) is 2.68. The second-order valence-corrected chi connectivity index (χ2v) is 5.89. The third-order valence-electron chi connectivity index (χ3n) is 3.68. The third kappa shape index (κ3) is 3.83. The van der Waals surface area contributed by atoms with Gasteiger partial charge in [0.2, 0.25) is 5.91 Å². The van der Waals surface area contributed by atoms with Crippen LogP contribution in [0, 0.1) is 0 Å². The fourth-order valence-electron chi connectivity index (χ4n) is 2.53. The molecule has 124 valence electrons. The Morgan fingerprint density at radius 3 is 2.88 bits per heavy atom. The highest BCUT2D eigenvalue weighted by Crippen LogP contribution is 2.18. The van der Waals surface area contributed by atoms with Crippen LogP contribution in [0.25, 0.3) is 0 Å². The van der Waals surface area contributed by atoms with Gasteiger partial charge in [-0.1, -0.05) is 30.7 Å². The van der Waals surface area contributed by atoms with Gasteiger partial charge in [0.25, 0.3) is 0 Å². The van der Waals surface area contributed by atoms with E-state index in [0.29, 0.717) is 18.0 Å². The van der Waals surface area contributed by atoms with Crippen molar-refractivity contribution in [1.29, 1.82) is 0 Å². The zero-order valence-corrected chi connectivity index (χ0v) is 14.0. The van der Waals surface area contributed by atoms with E-state index >= 15 is 0 Å². The molecule has 3 rings (SSSR count). The first kappa shape index (κ1) is 16.3. The van der Waals surface area contributed by atoms with Gasteiger partial charge in [-0.25, -0.2) is 0 Å². The lowest BCUT2D eigenvalue weighted by Crippen LogP contribution is -2.26. The van der Waals surface area contributed by atoms with E-state index in [1.54, 1.807) is 17.1 Å². The van der Waals surface area contributed by atoms with Crippen LogP contribution in [0.1, 0.15) is 24.9 Å². The summed E-state index contributed by atoms with van der Waals surface area (Å²) < 4.78 is 3.42. The topological polar surface area (TPSA) is 64.7 Å². The summed E-state index contributed by atoms with van der Waals surface area (Å²) >= 11 is 5.89. The maximum absolute atomic E-state index is 12.5. The van der Waals surface area contributed by atoms with Crippen LogP contribution in [0.3, 0.4) is 0 Å². The van der Waals surface area contributed by atoms with Crippen molar-refractivity contribution >= 4 is 23.2 Å². The van der Waals surface area contributed by atoms with E-state index in [1.165, 1.54) is 6.20 Å². The van der Waals surface area contributed by atoms with E-state index in [1.807, 2.05) is 48.1 Å². The molecule has 6 nitrogen and oxygen atoms in total. The lowest BCUT2D eigenvalue weighted by atomic mass is 10.1. The molecule has 1 atom stereocenters. The summed E-state index contributed by atoms with van der Waals surface area (Å²) in [6, 6.07) is 9.22. The summed E-state index contributed by atoms with van der Waals surface area (Å²) in [5, 5.41) is 11.8. The number of nitrogens with zero attached hydrogens (tertiary/aromatic N) is 4. The molecular weight excluding hydrogens is 326 g/mol. The van der Waals surface area contributed by atoms with Crippen molar-refractivity contribution in [2.75, 3.05) is 5.32 Å². The Kier molecular flexibility index (Phi) is 4.96. The molecule has 0 fully saturated rings. The summed E-state index contributed by atoms with van der Waals surface area (Å²) in [6.07, 6.45) is 7.45. The molecule has 2 aromatic heterocycles. The summed E-state index contributed by atoms with van der Waals surface area (Å²) in [6.45, 7) is 2.59. The van der Waals surface area contributed by atoms with Crippen LogP contribution >= 0.6 is 11.6 Å². The van der Waals surface area contributed by atoms with Gasteiger partial charge in [0.15, 0.2) is 0 Å². The minimum absolute atomic E-state index is 0.117. The van der Waals surface area contributed by atoms with Crippen LogP contribution in [-0.4, -0.2) is 25.5 Å². The van der Waals surface area contributed by atoms with Crippen LogP contribution in [0.5, 0.6) is 0 Å². The Morgan fingerprint density at radius 1 is 1.33 bits per heavy atom. The molecule has 3 aromatic rings. The van der Waals surface area contributed by atoms with Gasteiger partial charge in [-0.3, -0.25) is 14.2 Å². The number of aromatic nitrogens is 4. The molecule has 2 heterocycles. The Hall–Kier alpha value is -2.60. The predicted molar refractivity (Wildman–Crippen MR) is 93.0 cm³/mol. The van der Waals surface area contributed by atoms with E-state index in [9.17, 15) is 4.79 Å². The lowest BCUT2D eigenvalue weighted by Gasteiger charge is -2.16. The van der Waals surface area contributed by atoms with Gasteiger partial charge in [0, 0.05) is 24.3 Å². The number of amides is 1. The second kappa shape index (κ2) is 7.31. The molecule has 0 aliphatic carbocycles. The number of carbonyl (C=O) groups excluding carboxylic acids is 1. The van der Waals surface area contributed by atoms with Crippen LogP contribution in [0.15, 0.2) is 55.1 Å². The monoisotopic (exact) mass is 343 g/mol. The highest BCUT2D eigenvalue weighted by molar-refractivity contribution is 6.30. The predicted octanol–water partition coefficient (Wildman–Crippen LogP) is 3.37. The highest BCUT2D eigenvalue weighted by atomic mass is 35.5. The molecule has 1 unspecified atom stereocenters.